The molecule has 2 aromatic carbocycles. The van der Waals surface area contributed by atoms with Crippen molar-refractivity contribution in [3.8, 4) is 11.5 Å². The third kappa shape index (κ3) is 5.68. The third-order valence-electron chi connectivity index (χ3n) is 5.97. The Labute approximate surface area is 197 Å². The number of carbonyl (C=O) groups is 1. The Balaban J connectivity index is 2.03. The lowest BCUT2D eigenvalue weighted by Crippen LogP contribution is -2.48. The Morgan fingerprint density at radius 1 is 1.00 bits per heavy atom. The van der Waals surface area contributed by atoms with E-state index in [1.807, 2.05) is 12.1 Å². The molecule has 0 bridgehead atoms. The van der Waals surface area contributed by atoms with Crippen LogP contribution in [0.25, 0.3) is 0 Å². The molecule has 1 aliphatic rings. The Kier molecular flexibility index (Phi) is 7.69. The Morgan fingerprint density at radius 3 is 2.27 bits per heavy atom. The van der Waals surface area contributed by atoms with Gasteiger partial charge in [0.15, 0.2) is 11.5 Å². The van der Waals surface area contributed by atoms with E-state index < -0.39 is 16.1 Å². The first kappa shape index (κ1) is 25.1. The van der Waals surface area contributed by atoms with Gasteiger partial charge >= 0.3 is 0 Å². The zero-order valence-electron chi connectivity index (χ0n) is 20.1. The van der Waals surface area contributed by atoms with Gasteiger partial charge in [-0.25, -0.2) is 8.42 Å². The van der Waals surface area contributed by atoms with E-state index in [1.54, 1.807) is 37.4 Å². The summed E-state index contributed by atoms with van der Waals surface area (Å²) in [4.78, 5) is 13.0. The summed E-state index contributed by atoms with van der Waals surface area (Å²) in [5, 5.41) is 2.86. The summed E-state index contributed by atoms with van der Waals surface area (Å²) in [5.74, 6) is 0.802. The first-order chi connectivity index (χ1) is 15.6. The van der Waals surface area contributed by atoms with Crippen molar-refractivity contribution in [3.63, 3.8) is 0 Å². The SMILES string of the molecule is COc1ccc(CN(C2CCCCNC2=O)S(=O)(=O)c2ccc(C(C)(C)C)cc2)cc1OC. The number of benzene rings is 2. The van der Waals surface area contributed by atoms with Crippen LogP contribution in [0.5, 0.6) is 11.5 Å². The molecule has 1 aliphatic heterocycles. The molecule has 0 spiro atoms. The molecule has 180 valence electrons. The molecule has 1 fully saturated rings. The van der Waals surface area contributed by atoms with Crippen molar-refractivity contribution < 1.29 is 22.7 Å². The van der Waals surface area contributed by atoms with Gasteiger partial charge in [-0.1, -0.05) is 39.0 Å². The van der Waals surface area contributed by atoms with Gasteiger partial charge in [-0.3, -0.25) is 4.79 Å². The number of nitrogens with one attached hydrogen (secondary N) is 1. The molecular weight excluding hydrogens is 440 g/mol. The molecule has 8 heteroatoms. The fraction of sp³-hybridized carbons (Fsp3) is 0.480. The molecule has 1 amide bonds. The van der Waals surface area contributed by atoms with E-state index in [4.69, 9.17) is 9.47 Å². The summed E-state index contributed by atoms with van der Waals surface area (Å²) in [6.45, 7) is 6.84. The van der Waals surface area contributed by atoms with Gasteiger partial charge in [0.2, 0.25) is 15.9 Å². The second-order valence-electron chi connectivity index (χ2n) is 9.32. The van der Waals surface area contributed by atoms with E-state index in [0.717, 1.165) is 18.4 Å². The van der Waals surface area contributed by atoms with Crippen LogP contribution in [0.1, 0.15) is 51.2 Å². The lowest BCUT2D eigenvalue weighted by molar-refractivity contribution is -0.124. The number of carbonyl (C=O) groups excluding carboxylic acids is 1. The molecule has 1 atom stereocenters. The monoisotopic (exact) mass is 474 g/mol. The molecule has 1 saturated heterocycles. The number of hydrogen-bond donors (Lipinski definition) is 1. The Hall–Kier alpha value is -2.58. The van der Waals surface area contributed by atoms with Crippen molar-refractivity contribution in [2.75, 3.05) is 20.8 Å². The van der Waals surface area contributed by atoms with E-state index in [-0.39, 0.29) is 22.8 Å². The molecule has 0 aliphatic carbocycles. The molecule has 33 heavy (non-hydrogen) atoms. The summed E-state index contributed by atoms with van der Waals surface area (Å²) >= 11 is 0. The zero-order chi connectivity index (χ0) is 24.2. The molecule has 0 saturated carbocycles. The minimum absolute atomic E-state index is 0.0434. The number of ether oxygens (including phenoxy) is 2. The van der Waals surface area contributed by atoms with Crippen LogP contribution in [0, 0.1) is 0 Å². The van der Waals surface area contributed by atoms with E-state index in [1.165, 1.54) is 11.4 Å². The Bertz CT molecular complexity index is 1070. The van der Waals surface area contributed by atoms with E-state index in [0.29, 0.717) is 30.0 Å². The van der Waals surface area contributed by atoms with Crippen LogP contribution >= 0.6 is 0 Å². The van der Waals surface area contributed by atoms with Gasteiger partial charge in [-0.15, -0.1) is 0 Å². The van der Waals surface area contributed by atoms with Crippen molar-refractivity contribution in [1.29, 1.82) is 0 Å². The highest BCUT2D eigenvalue weighted by atomic mass is 32.2. The van der Waals surface area contributed by atoms with Crippen molar-refractivity contribution in [1.82, 2.24) is 9.62 Å². The average molecular weight is 475 g/mol. The first-order valence-corrected chi connectivity index (χ1v) is 12.6. The predicted octanol–water partition coefficient (Wildman–Crippen LogP) is 3.86. The van der Waals surface area contributed by atoms with Gasteiger partial charge in [0.1, 0.15) is 6.04 Å². The van der Waals surface area contributed by atoms with Crippen molar-refractivity contribution >= 4 is 15.9 Å². The van der Waals surface area contributed by atoms with Crippen molar-refractivity contribution in [3.05, 3.63) is 53.6 Å². The molecule has 0 aromatic heterocycles. The molecule has 0 radical (unpaired) electrons. The lowest BCUT2D eigenvalue weighted by atomic mass is 9.87. The van der Waals surface area contributed by atoms with Gasteiger partial charge in [0, 0.05) is 13.1 Å². The number of nitrogens with zero attached hydrogens (tertiary/aromatic N) is 1. The normalized spacial score (nSPS) is 17.4. The number of methoxy groups -OCH3 is 2. The van der Waals surface area contributed by atoms with Crippen LogP contribution in [0.3, 0.4) is 0 Å². The summed E-state index contributed by atoms with van der Waals surface area (Å²) < 4.78 is 39.7. The van der Waals surface area contributed by atoms with Gasteiger partial charge in [-0.05, 0) is 60.1 Å². The maximum Gasteiger partial charge on any atom is 0.244 e. The smallest absolute Gasteiger partial charge is 0.244 e. The standard InChI is InChI=1S/C25H34N2O5S/c1-25(2,3)19-10-12-20(13-11-19)33(29,30)27(21-8-6-7-15-26-24(21)28)17-18-9-14-22(31-4)23(16-18)32-5/h9-14,16,21H,6-8,15,17H2,1-5H3,(H,26,28). The van der Waals surface area contributed by atoms with Crippen LogP contribution in [0.2, 0.25) is 0 Å². The van der Waals surface area contributed by atoms with E-state index >= 15 is 0 Å². The van der Waals surface area contributed by atoms with Crippen molar-refractivity contribution in [2.24, 2.45) is 0 Å². The maximum absolute atomic E-state index is 13.8. The highest BCUT2D eigenvalue weighted by Crippen LogP contribution is 2.31. The summed E-state index contributed by atoms with van der Waals surface area (Å²) in [6.07, 6.45) is 2.06. The molecule has 1 unspecified atom stereocenters. The molecule has 7 nitrogen and oxygen atoms in total. The lowest BCUT2D eigenvalue weighted by Gasteiger charge is -2.29. The topological polar surface area (TPSA) is 84.9 Å². The molecular formula is C25H34N2O5S. The first-order valence-electron chi connectivity index (χ1n) is 11.2. The van der Waals surface area contributed by atoms with E-state index in [9.17, 15) is 13.2 Å². The van der Waals surface area contributed by atoms with Crippen LogP contribution in [0.4, 0.5) is 0 Å². The summed E-state index contributed by atoms with van der Waals surface area (Å²) in [7, 11) is -0.865. The Morgan fingerprint density at radius 2 is 1.67 bits per heavy atom. The van der Waals surface area contributed by atoms with Gasteiger partial charge in [-0.2, -0.15) is 4.31 Å². The maximum atomic E-state index is 13.8. The second kappa shape index (κ2) is 10.1. The molecule has 2 aromatic rings. The van der Waals surface area contributed by atoms with Gasteiger partial charge < -0.3 is 14.8 Å². The predicted molar refractivity (Wildman–Crippen MR) is 128 cm³/mol. The number of rotatable bonds is 7. The second-order valence-corrected chi connectivity index (χ2v) is 11.2. The highest BCUT2D eigenvalue weighted by molar-refractivity contribution is 7.89. The minimum Gasteiger partial charge on any atom is -0.493 e. The average Bonchev–Trinajstić information content (AvgIpc) is 3.00. The van der Waals surface area contributed by atoms with Gasteiger partial charge in [0.25, 0.3) is 0 Å². The number of hydrogen-bond acceptors (Lipinski definition) is 5. The fourth-order valence-electron chi connectivity index (χ4n) is 3.98. The fourth-order valence-corrected chi connectivity index (χ4v) is 5.59. The molecule has 1 heterocycles. The molecule has 3 rings (SSSR count). The summed E-state index contributed by atoms with van der Waals surface area (Å²) in [5.41, 5.74) is 1.66. The quantitative estimate of drug-likeness (QED) is 0.659. The third-order valence-corrected chi connectivity index (χ3v) is 7.84. The van der Waals surface area contributed by atoms with Crippen LogP contribution in [-0.4, -0.2) is 45.4 Å². The minimum atomic E-state index is -3.95. The largest absolute Gasteiger partial charge is 0.493 e. The zero-order valence-corrected chi connectivity index (χ0v) is 20.9. The van der Waals surface area contributed by atoms with Crippen LogP contribution in [-0.2, 0) is 26.8 Å². The summed E-state index contributed by atoms with van der Waals surface area (Å²) in [6, 6.07) is 11.4. The van der Waals surface area contributed by atoms with E-state index in [2.05, 4.69) is 26.1 Å². The molecule has 1 N–H and O–H groups in total. The van der Waals surface area contributed by atoms with Crippen molar-refractivity contribution in [2.45, 2.75) is 62.9 Å². The van der Waals surface area contributed by atoms with Crippen LogP contribution in [0.15, 0.2) is 47.4 Å². The number of sulfonamides is 1. The highest BCUT2D eigenvalue weighted by Gasteiger charge is 2.36. The van der Waals surface area contributed by atoms with Gasteiger partial charge in [0.05, 0.1) is 19.1 Å². The number of amides is 1. The van der Waals surface area contributed by atoms with Crippen LogP contribution < -0.4 is 14.8 Å².